The van der Waals surface area contributed by atoms with Gasteiger partial charge in [0, 0.05) is 6.54 Å². The van der Waals surface area contributed by atoms with Crippen LogP contribution in [0.4, 0.5) is 4.79 Å². The van der Waals surface area contributed by atoms with Gasteiger partial charge in [-0.25, -0.2) is 4.79 Å². The molecule has 0 aliphatic carbocycles. The standard InChI is InChI=1S/C12H22N2O3/c1-5-6-12(4)9(15)14(10(16)13-12)8-7-11(2,3)17/h17H,5-8H2,1-4H3,(H,13,16). The third kappa shape index (κ3) is 3.19. The quantitative estimate of drug-likeness (QED) is 0.713. The zero-order chi connectivity index (χ0) is 13.3. The zero-order valence-corrected chi connectivity index (χ0v) is 11.0. The first-order valence-corrected chi connectivity index (χ1v) is 6.06. The van der Waals surface area contributed by atoms with Crippen LogP contribution in [0.2, 0.25) is 0 Å². The van der Waals surface area contributed by atoms with Crippen molar-refractivity contribution in [1.29, 1.82) is 0 Å². The number of urea groups is 1. The fraction of sp³-hybridized carbons (Fsp3) is 0.833. The first-order valence-electron chi connectivity index (χ1n) is 6.06. The Morgan fingerprint density at radius 2 is 2.00 bits per heavy atom. The van der Waals surface area contributed by atoms with E-state index in [1.54, 1.807) is 20.8 Å². The van der Waals surface area contributed by atoms with Gasteiger partial charge >= 0.3 is 6.03 Å². The number of nitrogens with one attached hydrogen (secondary N) is 1. The molecule has 1 aliphatic heterocycles. The topological polar surface area (TPSA) is 69.6 Å². The molecule has 5 heteroatoms. The molecule has 0 saturated carbocycles. The zero-order valence-electron chi connectivity index (χ0n) is 11.0. The van der Waals surface area contributed by atoms with Crippen molar-refractivity contribution in [3.05, 3.63) is 0 Å². The van der Waals surface area contributed by atoms with Crippen LogP contribution in [-0.2, 0) is 4.79 Å². The van der Waals surface area contributed by atoms with Crippen LogP contribution in [0.25, 0.3) is 0 Å². The number of imide groups is 1. The van der Waals surface area contributed by atoms with E-state index in [1.807, 2.05) is 6.92 Å². The number of rotatable bonds is 5. The van der Waals surface area contributed by atoms with E-state index >= 15 is 0 Å². The highest BCUT2D eigenvalue weighted by atomic mass is 16.3. The van der Waals surface area contributed by atoms with Gasteiger partial charge in [0.25, 0.3) is 5.91 Å². The van der Waals surface area contributed by atoms with Gasteiger partial charge in [0.15, 0.2) is 0 Å². The summed E-state index contributed by atoms with van der Waals surface area (Å²) in [5.74, 6) is -0.186. The van der Waals surface area contributed by atoms with Crippen molar-refractivity contribution in [2.75, 3.05) is 6.54 Å². The third-order valence-corrected chi connectivity index (χ3v) is 3.04. The second-order valence-electron chi connectivity index (χ2n) is 5.53. The summed E-state index contributed by atoms with van der Waals surface area (Å²) < 4.78 is 0. The summed E-state index contributed by atoms with van der Waals surface area (Å²) in [6.45, 7) is 7.31. The molecule has 0 aromatic carbocycles. The summed E-state index contributed by atoms with van der Waals surface area (Å²) in [5, 5.41) is 12.3. The second kappa shape index (κ2) is 4.64. The van der Waals surface area contributed by atoms with Crippen molar-refractivity contribution in [3.8, 4) is 0 Å². The van der Waals surface area contributed by atoms with E-state index in [9.17, 15) is 14.7 Å². The highest BCUT2D eigenvalue weighted by Crippen LogP contribution is 2.23. The van der Waals surface area contributed by atoms with Crippen molar-refractivity contribution in [3.63, 3.8) is 0 Å². The Labute approximate surface area is 102 Å². The van der Waals surface area contributed by atoms with Crippen molar-refractivity contribution in [2.45, 2.75) is 58.1 Å². The number of amides is 3. The molecule has 0 aromatic rings. The fourth-order valence-corrected chi connectivity index (χ4v) is 2.00. The summed E-state index contributed by atoms with van der Waals surface area (Å²) in [4.78, 5) is 25.0. The van der Waals surface area contributed by atoms with Crippen molar-refractivity contribution >= 4 is 11.9 Å². The normalized spacial score (nSPS) is 25.4. The van der Waals surface area contributed by atoms with Gasteiger partial charge in [0.2, 0.25) is 0 Å². The summed E-state index contributed by atoms with van der Waals surface area (Å²) in [5.41, 5.74) is -1.64. The minimum atomic E-state index is -0.871. The molecule has 2 N–H and O–H groups in total. The molecule has 1 aliphatic rings. The lowest BCUT2D eigenvalue weighted by Crippen LogP contribution is -2.44. The van der Waals surface area contributed by atoms with Gasteiger partial charge in [0.05, 0.1) is 5.60 Å². The van der Waals surface area contributed by atoms with Gasteiger partial charge < -0.3 is 10.4 Å². The number of carbonyl (C=O) groups is 2. The molecule has 3 amide bonds. The molecule has 1 fully saturated rings. The first-order chi connectivity index (χ1) is 7.69. The van der Waals surface area contributed by atoms with E-state index in [2.05, 4.69) is 5.32 Å². The maximum Gasteiger partial charge on any atom is 0.325 e. The average molecular weight is 242 g/mol. The summed E-state index contributed by atoms with van der Waals surface area (Å²) in [6, 6.07) is -0.352. The molecule has 0 aromatic heterocycles. The third-order valence-electron chi connectivity index (χ3n) is 3.04. The number of nitrogens with zero attached hydrogens (tertiary/aromatic N) is 1. The molecule has 0 radical (unpaired) electrons. The van der Waals surface area contributed by atoms with E-state index in [4.69, 9.17) is 0 Å². The molecule has 1 rings (SSSR count). The Morgan fingerprint density at radius 3 is 2.47 bits per heavy atom. The number of aliphatic hydroxyl groups is 1. The molecule has 1 atom stereocenters. The Morgan fingerprint density at radius 1 is 1.41 bits per heavy atom. The molecule has 0 bridgehead atoms. The van der Waals surface area contributed by atoms with Crippen LogP contribution in [0.5, 0.6) is 0 Å². The van der Waals surface area contributed by atoms with Crippen LogP contribution >= 0.6 is 0 Å². The Hall–Kier alpha value is -1.10. The molecular formula is C12H22N2O3. The van der Waals surface area contributed by atoms with Gasteiger partial charge in [0.1, 0.15) is 5.54 Å². The molecule has 1 heterocycles. The van der Waals surface area contributed by atoms with Crippen LogP contribution in [0.1, 0.15) is 47.0 Å². The predicted molar refractivity (Wildman–Crippen MR) is 64.5 cm³/mol. The molecular weight excluding hydrogens is 220 g/mol. The molecule has 0 spiro atoms. The maximum atomic E-state index is 12.1. The number of carbonyl (C=O) groups excluding carboxylic acids is 2. The minimum absolute atomic E-state index is 0.186. The minimum Gasteiger partial charge on any atom is -0.390 e. The van der Waals surface area contributed by atoms with Crippen LogP contribution in [0.3, 0.4) is 0 Å². The largest absolute Gasteiger partial charge is 0.390 e. The highest BCUT2D eigenvalue weighted by Gasteiger charge is 2.46. The number of hydrogen-bond acceptors (Lipinski definition) is 3. The predicted octanol–water partition coefficient (Wildman–Crippen LogP) is 1.26. The molecule has 98 valence electrons. The van der Waals surface area contributed by atoms with E-state index < -0.39 is 11.1 Å². The summed E-state index contributed by atoms with van der Waals surface area (Å²) in [6.07, 6.45) is 1.85. The lowest BCUT2D eigenvalue weighted by Gasteiger charge is -2.23. The van der Waals surface area contributed by atoms with Crippen LogP contribution in [0, 0.1) is 0 Å². The lowest BCUT2D eigenvalue weighted by atomic mass is 9.96. The summed E-state index contributed by atoms with van der Waals surface area (Å²) in [7, 11) is 0. The van der Waals surface area contributed by atoms with Gasteiger partial charge in [-0.2, -0.15) is 0 Å². The van der Waals surface area contributed by atoms with E-state index in [-0.39, 0.29) is 18.5 Å². The first kappa shape index (κ1) is 14.0. The summed E-state index contributed by atoms with van der Waals surface area (Å²) >= 11 is 0. The molecule has 1 unspecified atom stereocenters. The van der Waals surface area contributed by atoms with Gasteiger partial charge in [-0.05, 0) is 33.6 Å². The van der Waals surface area contributed by atoms with Gasteiger partial charge in [-0.3, -0.25) is 9.69 Å². The Bertz CT molecular complexity index is 322. The SMILES string of the molecule is CCCC1(C)NC(=O)N(CCC(C)(C)O)C1=O. The Kier molecular flexibility index (Phi) is 3.81. The second-order valence-corrected chi connectivity index (χ2v) is 5.53. The maximum absolute atomic E-state index is 12.1. The smallest absolute Gasteiger partial charge is 0.325 e. The van der Waals surface area contributed by atoms with Gasteiger partial charge in [-0.1, -0.05) is 13.3 Å². The molecule has 5 nitrogen and oxygen atoms in total. The van der Waals surface area contributed by atoms with Crippen LogP contribution < -0.4 is 5.32 Å². The fourth-order valence-electron chi connectivity index (χ4n) is 2.00. The van der Waals surface area contributed by atoms with E-state index in [0.29, 0.717) is 12.8 Å². The van der Waals surface area contributed by atoms with E-state index in [1.165, 1.54) is 4.90 Å². The lowest BCUT2D eigenvalue weighted by molar-refractivity contribution is -0.131. The van der Waals surface area contributed by atoms with Crippen molar-refractivity contribution in [2.24, 2.45) is 0 Å². The van der Waals surface area contributed by atoms with Crippen molar-refractivity contribution < 1.29 is 14.7 Å². The van der Waals surface area contributed by atoms with Gasteiger partial charge in [-0.15, -0.1) is 0 Å². The molecule has 1 saturated heterocycles. The average Bonchev–Trinajstić information content (AvgIpc) is 2.35. The highest BCUT2D eigenvalue weighted by molar-refractivity contribution is 6.06. The van der Waals surface area contributed by atoms with E-state index in [0.717, 1.165) is 6.42 Å². The van der Waals surface area contributed by atoms with Crippen LogP contribution in [-0.4, -0.2) is 39.6 Å². The molecule has 17 heavy (non-hydrogen) atoms. The number of hydrogen-bond donors (Lipinski definition) is 2. The Balaban J connectivity index is 2.69. The van der Waals surface area contributed by atoms with Crippen molar-refractivity contribution in [1.82, 2.24) is 10.2 Å². The van der Waals surface area contributed by atoms with Crippen LogP contribution in [0.15, 0.2) is 0 Å². The monoisotopic (exact) mass is 242 g/mol.